The maximum atomic E-state index is 12.6. The number of carboxylic acid groups (broad SMARTS) is 3. The minimum Gasteiger partial charge on any atom is -0.481 e. The van der Waals surface area contributed by atoms with Crippen LogP contribution in [0, 0.1) is 0 Å². The van der Waals surface area contributed by atoms with Crippen LogP contribution >= 0.6 is 0 Å². The van der Waals surface area contributed by atoms with Crippen molar-refractivity contribution in [3.8, 4) is 0 Å². The van der Waals surface area contributed by atoms with E-state index in [1.54, 1.807) is 30.3 Å². The summed E-state index contributed by atoms with van der Waals surface area (Å²) in [5.41, 5.74) is 6.05. The fraction of sp³-hybridized carbons (Fsp3) is 0.429. The van der Waals surface area contributed by atoms with Gasteiger partial charge in [-0.2, -0.15) is 0 Å². The van der Waals surface area contributed by atoms with Gasteiger partial charge < -0.3 is 42.1 Å². The van der Waals surface area contributed by atoms with Gasteiger partial charge >= 0.3 is 17.9 Å². The van der Waals surface area contributed by atoms with Gasteiger partial charge in [0.2, 0.25) is 17.7 Å². The number of aliphatic hydroxyl groups excluding tert-OH is 1. The lowest BCUT2D eigenvalue weighted by Crippen LogP contribution is -2.58. The summed E-state index contributed by atoms with van der Waals surface area (Å²) in [6, 6.07) is 2.32. The molecule has 14 heteroatoms. The zero-order valence-electron chi connectivity index (χ0n) is 18.5. The van der Waals surface area contributed by atoms with Crippen LogP contribution in [0.25, 0.3) is 0 Å². The highest BCUT2D eigenvalue weighted by molar-refractivity contribution is 5.95. The van der Waals surface area contributed by atoms with E-state index in [1.165, 1.54) is 0 Å². The normalized spacial score (nSPS) is 14.0. The summed E-state index contributed by atoms with van der Waals surface area (Å²) in [7, 11) is 0. The van der Waals surface area contributed by atoms with Crippen LogP contribution in [0.2, 0.25) is 0 Å². The molecule has 9 N–H and O–H groups in total. The molecule has 0 bridgehead atoms. The van der Waals surface area contributed by atoms with E-state index in [0.717, 1.165) is 0 Å². The van der Waals surface area contributed by atoms with Gasteiger partial charge in [-0.15, -0.1) is 0 Å². The van der Waals surface area contributed by atoms with Crippen molar-refractivity contribution >= 4 is 35.6 Å². The van der Waals surface area contributed by atoms with Gasteiger partial charge in [0.25, 0.3) is 0 Å². The Bertz CT molecular complexity index is 924. The van der Waals surface area contributed by atoms with Crippen LogP contribution < -0.4 is 21.7 Å². The topological polar surface area (TPSA) is 245 Å². The van der Waals surface area contributed by atoms with Crippen molar-refractivity contribution in [1.29, 1.82) is 0 Å². The molecule has 1 aromatic rings. The molecule has 14 nitrogen and oxygen atoms in total. The number of nitrogens with one attached hydrogen (secondary N) is 3. The molecule has 0 radical (unpaired) electrons. The first-order chi connectivity index (χ1) is 16.4. The Morgan fingerprint density at radius 2 is 1.31 bits per heavy atom. The van der Waals surface area contributed by atoms with Crippen LogP contribution in [-0.2, 0) is 35.2 Å². The number of carbonyl (C=O) groups is 6. The van der Waals surface area contributed by atoms with Crippen molar-refractivity contribution < 1.29 is 49.2 Å². The number of carbonyl (C=O) groups excluding carboxylic acids is 3. The summed E-state index contributed by atoms with van der Waals surface area (Å²) < 4.78 is 0. The molecular weight excluding hydrogens is 468 g/mol. The van der Waals surface area contributed by atoms with Crippen LogP contribution in [-0.4, -0.2) is 86.8 Å². The molecular formula is C21H28N4O10. The first kappa shape index (κ1) is 29.0. The molecule has 4 unspecified atom stereocenters. The monoisotopic (exact) mass is 496 g/mol. The summed E-state index contributed by atoms with van der Waals surface area (Å²) in [6.45, 7) is -0.937. The van der Waals surface area contributed by atoms with Crippen molar-refractivity contribution in [3.05, 3.63) is 35.9 Å². The molecule has 0 aliphatic carbocycles. The maximum absolute atomic E-state index is 12.6. The highest BCUT2D eigenvalue weighted by Crippen LogP contribution is 2.05. The van der Waals surface area contributed by atoms with Crippen LogP contribution in [0.1, 0.15) is 24.8 Å². The van der Waals surface area contributed by atoms with Crippen LogP contribution in [0.4, 0.5) is 0 Å². The molecule has 0 fully saturated rings. The Balaban J connectivity index is 2.89. The number of benzene rings is 1. The van der Waals surface area contributed by atoms with Crippen molar-refractivity contribution in [3.63, 3.8) is 0 Å². The summed E-state index contributed by atoms with van der Waals surface area (Å²) in [5, 5.41) is 43.1. The van der Waals surface area contributed by atoms with Crippen molar-refractivity contribution in [1.82, 2.24) is 16.0 Å². The number of aliphatic carboxylic acids is 3. The van der Waals surface area contributed by atoms with E-state index in [0.29, 0.717) is 5.56 Å². The summed E-state index contributed by atoms with van der Waals surface area (Å²) in [5.74, 6) is -7.17. The number of carboxylic acids is 3. The van der Waals surface area contributed by atoms with Crippen molar-refractivity contribution in [2.45, 2.75) is 49.9 Å². The minimum atomic E-state index is -1.63. The number of hydrogen-bond acceptors (Lipinski definition) is 8. The lowest BCUT2D eigenvalue weighted by Gasteiger charge is -2.24. The summed E-state index contributed by atoms with van der Waals surface area (Å²) >= 11 is 0. The van der Waals surface area contributed by atoms with Gasteiger partial charge in [0, 0.05) is 12.8 Å². The molecule has 0 saturated heterocycles. The third-order valence-electron chi connectivity index (χ3n) is 4.72. The lowest BCUT2D eigenvalue weighted by molar-refractivity contribution is -0.142. The lowest BCUT2D eigenvalue weighted by atomic mass is 10.1. The second kappa shape index (κ2) is 14.3. The predicted octanol–water partition coefficient (Wildman–Crippen LogP) is -2.57. The number of amides is 3. The van der Waals surface area contributed by atoms with Crippen molar-refractivity contribution in [2.24, 2.45) is 5.73 Å². The molecule has 1 aromatic carbocycles. The molecule has 4 atom stereocenters. The van der Waals surface area contributed by atoms with Crippen LogP contribution in [0.15, 0.2) is 30.3 Å². The van der Waals surface area contributed by atoms with Crippen LogP contribution in [0.3, 0.4) is 0 Å². The number of hydrogen-bond donors (Lipinski definition) is 8. The predicted molar refractivity (Wildman–Crippen MR) is 118 cm³/mol. The highest BCUT2D eigenvalue weighted by Gasteiger charge is 2.30. The molecule has 0 aromatic heterocycles. The molecule has 0 aliphatic heterocycles. The van der Waals surface area contributed by atoms with E-state index in [9.17, 15) is 39.0 Å². The van der Waals surface area contributed by atoms with E-state index in [2.05, 4.69) is 16.0 Å². The minimum absolute atomic E-state index is 0.0766. The van der Waals surface area contributed by atoms with Crippen molar-refractivity contribution in [2.75, 3.05) is 6.61 Å². The molecule has 0 spiro atoms. The Morgan fingerprint density at radius 1 is 0.771 bits per heavy atom. The smallest absolute Gasteiger partial charge is 0.326 e. The molecule has 0 heterocycles. The molecule has 1 rings (SSSR count). The number of aliphatic hydroxyl groups is 1. The van der Waals surface area contributed by atoms with E-state index >= 15 is 0 Å². The molecule has 35 heavy (non-hydrogen) atoms. The molecule has 0 aliphatic rings. The second-order valence-electron chi connectivity index (χ2n) is 7.53. The quantitative estimate of drug-likeness (QED) is 0.125. The van der Waals surface area contributed by atoms with Gasteiger partial charge in [-0.05, 0) is 12.0 Å². The Labute approximate surface area is 199 Å². The van der Waals surface area contributed by atoms with Crippen LogP contribution in [0.5, 0.6) is 0 Å². The summed E-state index contributed by atoms with van der Waals surface area (Å²) in [4.78, 5) is 70.5. The van der Waals surface area contributed by atoms with Gasteiger partial charge in [-0.25, -0.2) is 4.79 Å². The van der Waals surface area contributed by atoms with Gasteiger partial charge in [-0.1, -0.05) is 30.3 Å². The maximum Gasteiger partial charge on any atom is 0.326 e. The third-order valence-corrected chi connectivity index (χ3v) is 4.72. The fourth-order valence-corrected chi connectivity index (χ4v) is 2.88. The van der Waals surface area contributed by atoms with Gasteiger partial charge in [0.05, 0.1) is 19.1 Å². The third kappa shape index (κ3) is 10.6. The Morgan fingerprint density at radius 3 is 1.83 bits per heavy atom. The van der Waals surface area contributed by atoms with E-state index in [-0.39, 0.29) is 6.42 Å². The largest absolute Gasteiger partial charge is 0.481 e. The zero-order valence-corrected chi connectivity index (χ0v) is 18.5. The first-order valence-corrected chi connectivity index (χ1v) is 10.4. The molecule has 0 saturated carbocycles. The standard InChI is InChI=1S/C21H28N4O10/c22-12(9-17(29)30)18(31)23-13(6-7-16(27)28)19(32)25-15(10-26)20(33)24-14(21(34)35)8-11-4-2-1-3-5-11/h1-5,12-15,26H,6-10,22H2,(H,23,31)(H,24,33)(H,25,32)(H,27,28)(H,29,30)(H,34,35). The zero-order chi connectivity index (χ0) is 26.5. The average molecular weight is 496 g/mol. The Hall–Kier alpha value is -4.04. The number of nitrogens with two attached hydrogens (primary N) is 1. The van der Waals surface area contributed by atoms with Gasteiger partial charge in [-0.3, -0.25) is 24.0 Å². The van der Waals surface area contributed by atoms with E-state index < -0.39 is 85.7 Å². The Kier molecular flexibility index (Phi) is 11.8. The number of rotatable bonds is 15. The fourth-order valence-electron chi connectivity index (χ4n) is 2.88. The SMILES string of the molecule is NC(CC(=O)O)C(=O)NC(CCC(=O)O)C(=O)NC(CO)C(=O)NC(Cc1ccccc1)C(=O)O. The van der Waals surface area contributed by atoms with Gasteiger partial charge in [0.1, 0.15) is 18.1 Å². The highest BCUT2D eigenvalue weighted by atomic mass is 16.4. The van der Waals surface area contributed by atoms with Gasteiger partial charge in [0.15, 0.2) is 0 Å². The van der Waals surface area contributed by atoms with E-state index in [4.69, 9.17) is 15.9 Å². The average Bonchev–Trinajstić information content (AvgIpc) is 2.79. The first-order valence-electron chi connectivity index (χ1n) is 10.4. The van der Waals surface area contributed by atoms with E-state index in [1.807, 2.05) is 0 Å². The molecule has 192 valence electrons. The summed E-state index contributed by atoms with van der Waals surface area (Å²) in [6.07, 6.45) is -1.83. The second-order valence-corrected chi connectivity index (χ2v) is 7.53. The molecule has 3 amide bonds.